The lowest BCUT2D eigenvalue weighted by atomic mass is 9.97. The normalized spacial score (nSPS) is 38.3. The van der Waals surface area contributed by atoms with E-state index in [0.717, 1.165) is 0 Å². The van der Waals surface area contributed by atoms with Crippen molar-refractivity contribution in [2.75, 3.05) is 0 Å². The minimum absolute atomic E-state index is 0.178. The second-order valence-electron chi connectivity index (χ2n) is 3.96. The van der Waals surface area contributed by atoms with Gasteiger partial charge in [0.25, 0.3) is 0 Å². The first-order chi connectivity index (χ1) is 8.86. The molecule has 7 heteroatoms. The molecule has 0 aliphatic heterocycles. The molecule has 0 unspecified atom stereocenters. The summed E-state index contributed by atoms with van der Waals surface area (Å²) in [7, 11) is 0. The molecule has 0 spiro atoms. The number of alkyl halides is 6. The van der Waals surface area contributed by atoms with Gasteiger partial charge in [-0.15, -0.1) is 69.6 Å². The third-order valence-corrected chi connectivity index (χ3v) is 6.59. The molecular formula is C12H11Cl6F. The van der Waals surface area contributed by atoms with Crippen LogP contribution in [-0.2, 0) is 0 Å². The predicted octanol–water partition coefficient (Wildman–Crippen LogP) is 5.47. The number of benzene rings is 1. The van der Waals surface area contributed by atoms with Gasteiger partial charge in [-0.2, -0.15) is 0 Å². The summed E-state index contributed by atoms with van der Waals surface area (Å²) in [5.74, 6) is -0.178. The van der Waals surface area contributed by atoms with Crippen LogP contribution in [0.25, 0.3) is 0 Å². The molecular weight excluding hydrogens is 376 g/mol. The summed E-state index contributed by atoms with van der Waals surface area (Å²) in [5.41, 5.74) is 0. The molecule has 0 atom stereocenters. The average Bonchev–Trinajstić information content (AvgIpc) is 2.42. The van der Waals surface area contributed by atoms with E-state index in [1.807, 2.05) is 0 Å². The van der Waals surface area contributed by atoms with Gasteiger partial charge in [0, 0.05) is 0 Å². The van der Waals surface area contributed by atoms with Crippen molar-refractivity contribution in [2.45, 2.75) is 32.3 Å². The fourth-order valence-electron chi connectivity index (χ4n) is 1.47. The molecule has 0 radical (unpaired) electrons. The van der Waals surface area contributed by atoms with Crippen LogP contribution in [0, 0.1) is 5.82 Å². The summed E-state index contributed by atoms with van der Waals surface area (Å²) >= 11 is 35.3. The summed E-state index contributed by atoms with van der Waals surface area (Å²) in [5, 5.41) is -2.62. The fourth-order valence-corrected chi connectivity index (χ4v) is 3.80. The third kappa shape index (κ3) is 4.98. The molecule has 1 aliphatic rings. The highest BCUT2D eigenvalue weighted by molar-refractivity contribution is 6.45. The highest BCUT2D eigenvalue weighted by Gasteiger charge is 2.46. The molecule has 0 saturated heterocycles. The lowest BCUT2D eigenvalue weighted by molar-refractivity contribution is 0.544. The Morgan fingerprint density at radius 2 is 0.842 bits per heavy atom. The Morgan fingerprint density at radius 1 is 0.579 bits per heavy atom. The first-order valence-electron chi connectivity index (χ1n) is 5.41. The summed E-state index contributed by atoms with van der Waals surface area (Å²) in [6.45, 7) is 0. The summed E-state index contributed by atoms with van der Waals surface area (Å²) in [6, 6.07) is 7.94. The Bertz CT molecular complexity index is 317. The SMILES string of the molecule is Cl[C@H]1[C@H](Cl)[C@@H](Cl)[C@@H](Cl)[C@H](Cl)[C@H]1Cl.Fc1ccccc1. The van der Waals surface area contributed by atoms with Gasteiger partial charge in [-0.25, -0.2) is 4.39 Å². The van der Waals surface area contributed by atoms with Gasteiger partial charge in [0.1, 0.15) is 5.82 Å². The van der Waals surface area contributed by atoms with Crippen LogP contribution in [0.2, 0.25) is 0 Å². The molecule has 1 saturated carbocycles. The molecule has 1 aromatic carbocycles. The number of rotatable bonds is 0. The molecule has 1 aromatic rings. The van der Waals surface area contributed by atoms with Gasteiger partial charge < -0.3 is 0 Å². The van der Waals surface area contributed by atoms with E-state index in [1.165, 1.54) is 12.1 Å². The van der Waals surface area contributed by atoms with Crippen molar-refractivity contribution in [1.29, 1.82) is 0 Å². The van der Waals surface area contributed by atoms with E-state index < -0.39 is 32.3 Å². The zero-order chi connectivity index (χ0) is 14.6. The zero-order valence-electron chi connectivity index (χ0n) is 9.50. The van der Waals surface area contributed by atoms with Gasteiger partial charge in [-0.3, -0.25) is 0 Å². The van der Waals surface area contributed by atoms with Crippen molar-refractivity contribution >= 4 is 69.6 Å². The molecule has 0 aromatic heterocycles. The lowest BCUT2D eigenvalue weighted by Gasteiger charge is -2.37. The first-order valence-corrected chi connectivity index (χ1v) is 8.03. The van der Waals surface area contributed by atoms with E-state index in [4.69, 9.17) is 69.6 Å². The molecule has 0 nitrogen and oxygen atoms in total. The van der Waals surface area contributed by atoms with Gasteiger partial charge in [0.15, 0.2) is 0 Å². The largest absolute Gasteiger partial charge is 0.207 e. The maximum absolute atomic E-state index is 11.9. The molecule has 19 heavy (non-hydrogen) atoms. The van der Waals surface area contributed by atoms with E-state index in [-0.39, 0.29) is 5.82 Å². The molecule has 0 bridgehead atoms. The van der Waals surface area contributed by atoms with Gasteiger partial charge in [0.05, 0.1) is 32.3 Å². The van der Waals surface area contributed by atoms with Gasteiger partial charge in [-0.05, 0) is 12.1 Å². The lowest BCUT2D eigenvalue weighted by Crippen LogP contribution is -2.52. The molecule has 1 aliphatic carbocycles. The maximum atomic E-state index is 11.9. The monoisotopic (exact) mass is 384 g/mol. The minimum Gasteiger partial charge on any atom is -0.207 e. The van der Waals surface area contributed by atoms with Crippen LogP contribution in [0.5, 0.6) is 0 Å². The smallest absolute Gasteiger partial charge is 0.123 e. The second-order valence-corrected chi connectivity index (χ2v) is 6.99. The molecule has 2 rings (SSSR count). The van der Waals surface area contributed by atoms with Gasteiger partial charge in [-0.1, -0.05) is 18.2 Å². The molecule has 0 heterocycles. The Balaban J connectivity index is 0.000000218. The van der Waals surface area contributed by atoms with Crippen molar-refractivity contribution in [2.24, 2.45) is 0 Å². The standard InChI is InChI=1S/C6H6Cl6.C6H5F/c7-1-2(8)4(10)6(12)5(11)3(1)9;7-6-4-2-1-3-5-6/h1-6H;1-5H/t1-,2-,3-,4+,5+,6+;. The summed E-state index contributed by atoms with van der Waals surface area (Å²) in [4.78, 5) is 0. The van der Waals surface area contributed by atoms with Crippen LogP contribution in [0.4, 0.5) is 4.39 Å². The van der Waals surface area contributed by atoms with Crippen molar-refractivity contribution in [3.63, 3.8) is 0 Å². The van der Waals surface area contributed by atoms with E-state index in [2.05, 4.69) is 0 Å². The van der Waals surface area contributed by atoms with E-state index in [9.17, 15) is 4.39 Å². The van der Waals surface area contributed by atoms with E-state index in [1.54, 1.807) is 18.2 Å². The minimum atomic E-state index is -0.437. The van der Waals surface area contributed by atoms with Crippen LogP contribution in [0.15, 0.2) is 30.3 Å². The first kappa shape index (κ1) is 17.9. The van der Waals surface area contributed by atoms with Crippen molar-refractivity contribution in [3.8, 4) is 0 Å². The summed E-state index contributed by atoms with van der Waals surface area (Å²) in [6.07, 6.45) is 0. The van der Waals surface area contributed by atoms with E-state index >= 15 is 0 Å². The van der Waals surface area contributed by atoms with E-state index in [0.29, 0.717) is 0 Å². The van der Waals surface area contributed by atoms with Gasteiger partial charge in [0.2, 0.25) is 0 Å². The quantitative estimate of drug-likeness (QED) is 0.518. The third-order valence-electron chi connectivity index (χ3n) is 2.56. The van der Waals surface area contributed by atoms with Crippen LogP contribution < -0.4 is 0 Å². The topological polar surface area (TPSA) is 0 Å². The maximum Gasteiger partial charge on any atom is 0.123 e. The number of halogens is 7. The Kier molecular flexibility index (Phi) is 7.89. The fraction of sp³-hybridized carbons (Fsp3) is 0.500. The van der Waals surface area contributed by atoms with Crippen LogP contribution >= 0.6 is 69.6 Å². The van der Waals surface area contributed by atoms with Crippen LogP contribution in [-0.4, -0.2) is 32.3 Å². The zero-order valence-corrected chi connectivity index (χ0v) is 14.0. The Morgan fingerprint density at radius 3 is 1.00 bits per heavy atom. The summed E-state index contributed by atoms with van der Waals surface area (Å²) < 4.78 is 11.9. The van der Waals surface area contributed by atoms with Crippen molar-refractivity contribution in [1.82, 2.24) is 0 Å². The molecule has 0 amide bonds. The van der Waals surface area contributed by atoms with Crippen LogP contribution in [0.1, 0.15) is 0 Å². The van der Waals surface area contributed by atoms with Crippen molar-refractivity contribution in [3.05, 3.63) is 36.1 Å². The van der Waals surface area contributed by atoms with Crippen LogP contribution in [0.3, 0.4) is 0 Å². The Labute approximate surface area is 142 Å². The number of hydrogen-bond acceptors (Lipinski definition) is 0. The molecule has 0 N–H and O–H groups in total. The highest BCUT2D eigenvalue weighted by atomic mass is 35.5. The average molecular weight is 387 g/mol. The van der Waals surface area contributed by atoms with Crippen molar-refractivity contribution < 1.29 is 4.39 Å². The van der Waals surface area contributed by atoms with Gasteiger partial charge >= 0.3 is 0 Å². The Hall–Kier alpha value is 0.890. The highest BCUT2D eigenvalue weighted by Crippen LogP contribution is 2.39. The predicted molar refractivity (Wildman–Crippen MR) is 84.2 cm³/mol. The molecule has 1 fully saturated rings. The number of hydrogen-bond donors (Lipinski definition) is 0. The second kappa shape index (κ2) is 8.36. The molecule has 108 valence electrons.